The molecule has 3 amide bonds. The van der Waals surface area contributed by atoms with E-state index in [4.69, 9.17) is 4.42 Å². The third-order valence-corrected chi connectivity index (χ3v) is 4.95. The number of hydrogen-bond acceptors (Lipinski definition) is 4. The lowest BCUT2D eigenvalue weighted by Gasteiger charge is -2.45. The monoisotopic (exact) mass is 371 g/mol. The van der Waals surface area contributed by atoms with Crippen LogP contribution in [-0.2, 0) is 16.0 Å². The van der Waals surface area contributed by atoms with Gasteiger partial charge in [-0.2, -0.15) is 0 Å². The highest BCUT2D eigenvalue weighted by atomic mass is 19.1. The van der Waals surface area contributed by atoms with Crippen molar-refractivity contribution < 1.29 is 23.2 Å². The minimum Gasteiger partial charge on any atom is -0.459 e. The number of amides is 3. The summed E-state index contributed by atoms with van der Waals surface area (Å²) in [6.45, 7) is 0.738. The summed E-state index contributed by atoms with van der Waals surface area (Å²) in [5.41, 5.74) is 0.764. The van der Waals surface area contributed by atoms with Gasteiger partial charge >= 0.3 is 0 Å². The maximum atomic E-state index is 13.0. The Hall–Kier alpha value is -3.16. The molecule has 2 fully saturated rings. The molecular weight excluding hydrogens is 353 g/mol. The highest BCUT2D eigenvalue weighted by Gasteiger charge is 2.44. The molecule has 140 valence electrons. The molecule has 1 N–H and O–H groups in total. The van der Waals surface area contributed by atoms with Gasteiger partial charge in [-0.05, 0) is 29.8 Å². The van der Waals surface area contributed by atoms with Crippen LogP contribution in [0.3, 0.4) is 0 Å². The highest BCUT2D eigenvalue weighted by molar-refractivity contribution is 5.98. The number of nitrogens with one attached hydrogen (secondary N) is 1. The summed E-state index contributed by atoms with van der Waals surface area (Å²) in [7, 11) is 0. The molecule has 2 aromatic rings. The second-order valence-electron chi connectivity index (χ2n) is 6.67. The fourth-order valence-electron chi connectivity index (χ4n) is 3.54. The third kappa shape index (κ3) is 3.30. The minimum atomic E-state index is -0.713. The standard InChI is InChI=1S/C19H18FN3O4/c20-13-5-3-12(4-6-13)10-14-18(25)23-8-7-22(11-15(23)17(24)21-14)19(26)16-2-1-9-27-16/h1-6,9,14-15H,7-8,10-11H2,(H,21,24)/t14-,15+/m0/s1. The van der Waals surface area contributed by atoms with Gasteiger partial charge in [-0.3, -0.25) is 14.4 Å². The lowest BCUT2D eigenvalue weighted by molar-refractivity contribution is -0.152. The Balaban J connectivity index is 1.45. The van der Waals surface area contributed by atoms with Gasteiger partial charge in [0.25, 0.3) is 5.91 Å². The van der Waals surface area contributed by atoms with Crippen LogP contribution in [0.1, 0.15) is 16.1 Å². The maximum absolute atomic E-state index is 13.0. The topological polar surface area (TPSA) is 82.9 Å². The number of nitrogens with zero attached hydrogens (tertiary/aromatic N) is 2. The van der Waals surface area contributed by atoms with Gasteiger partial charge in [-0.25, -0.2) is 4.39 Å². The Bertz CT molecular complexity index is 866. The number of benzene rings is 1. The smallest absolute Gasteiger partial charge is 0.289 e. The maximum Gasteiger partial charge on any atom is 0.289 e. The summed E-state index contributed by atoms with van der Waals surface area (Å²) >= 11 is 0. The predicted octanol–water partition coefficient (Wildman–Crippen LogP) is 0.813. The van der Waals surface area contributed by atoms with E-state index in [-0.39, 0.29) is 42.4 Å². The van der Waals surface area contributed by atoms with Crippen LogP contribution >= 0.6 is 0 Å². The van der Waals surface area contributed by atoms with E-state index >= 15 is 0 Å². The predicted molar refractivity (Wildman–Crippen MR) is 92.1 cm³/mol. The van der Waals surface area contributed by atoms with Crippen LogP contribution in [0, 0.1) is 5.82 Å². The quantitative estimate of drug-likeness (QED) is 0.866. The highest BCUT2D eigenvalue weighted by Crippen LogP contribution is 2.20. The first kappa shape index (κ1) is 17.3. The fourth-order valence-corrected chi connectivity index (χ4v) is 3.54. The zero-order valence-electron chi connectivity index (χ0n) is 14.4. The van der Waals surface area contributed by atoms with E-state index in [2.05, 4.69) is 5.32 Å². The van der Waals surface area contributed by atoms with E-state index < -0.39 is 12.1 Å². The summed E-state index contributed by atoms with van der Waals surface area (Å²) < 4.78 is 18.2. The molecule has 2 atom stereocenters. The van der Waals surface area contributed by atoms with Crippen molar-refractivity contribution in [2.75, 3.05) is 19.6 Å². The minimum absolute atomic E-state index is 0.125. The number of fused-ring (bicyclic) bond motifs is 1. The first-order chi connectivity index (χ1) is 13.0. The zero-order chi connectivity index (χ0) is 19.0. The van der Waals surface area contributed by atoms with Crippen LogP contribution in [0.15, 0.2) is 47.1 Å². The average molecular weight is 371 g/mol. The van der Waals surface area contributed by atoms with Crippen LogP contribution in [0.2, 0.25) is 0 Å². The normalized spacial score (nSPS) is 22.4. The molecule has 0 saturated carbocycles. The molecule has 2 aliphatic rings. The van der Waals surface area contributed by atoms with Crippen molar-refractivity contribution in [1.29, 1.82) is 0 Å². The molecule has 4 rings (SSSR count). The summed E-state index contributed by atoms with van der Waals surface area (Å²) in [6, 6.07) is 7.64. The number of carbonyl (C=O) groups excluding carboxylic acids is 3. The summed E-state index contributed by atoms with van der Waals surface area (Å²) in [4.78, 5) is 40.8. The molecule has 7 nitrogen and oxygen atoms in total. The number of furan rings is 1. The van der Waals surface area contributed by atoms with Crippen molar-refractivity contribution in [2.45, 2.75) is 18.5 Å². The van der Waals surface area contributed by atoms with Gasteiger partial charge in [0.1, 0.15) is 17.9 Å². The summed E-state index contributed by atoms with van der Waals surface area (Å²) in [5, 5.41) is 2.74. The summed E-state index contributed by atoms with van der Waals surface area (Å²) in [6.07, 6.45) is 1.71. The van der Waals surface area contributed by atoms with Gasteiger partial charge in [0.05, 0.1) is 12.8 Å². The Morgan fingerprint density at radius 1 is 1.19 bits per heavy atom. The van der Waals surface area contributed by atoms with E-state index in [1.54, 1.807) is 24.3 Å². The Morgan fingerprint density at radius 3 is 2.67 bits per heavy atom. The van der Waals surface area contributed by atoms with Crippen molar-refractivity contribution in [2.24, 2.45) is 0 Å². The van der Waals surface area contributed by atoms with E-state index in [1.807, 2.05) is 0 Å². The number of halogens is 1. The second kappa shape index (κ2) is 6.86. The van der Waals surface area contributed by atoms with Crippen molar-refractivity contribution in [3.63, 3.8) is 0 Å². The lowest BCUT2D eigenvalue weighted by atomic mass is 9.98. The van der Waals surface area contributed by atoms with Gasteiger partial charge in [0, 0.05) is 19.5 Å². The van der Waals surface area contributed by atoms with Gasteiger partial charge < -0.3 is 19.5 Å². The van der Waals surface area contributed by atoms with Gasteiger partial charge in [-0.15, -0.1) is 0 Å². The molecule has 0 radical (unpaired) electrons. The molecular formula is C19H18FN3O4. The third-order valence-electron chi connectivity index (χ3n) is 4.95. The second-order valence-corrected chi connectivity index (χ2v) is 6.67. The van der Waals surface area contributed by atoms with Crippen LogP contribution < -0.4 is 5.32 Å². The molecule has 8 heteroatoms. The van der Waals surface area contributed by atoms with E-state index in [9.17, 15) is 18.8 Å². The molecule has 27 heavy (non-hydrogen) atoms. The van der Waals surface area contributed by atoms with Crippen LogP contribution in [0.25, 0.3) is 0 Å². The summed E-state index contributed by atoms with van der Waals surface area (Å²) in [5.74, 6) is -0.920. The van der Waals surface area contributed by atoms with E-state index in [0.717, 1.165) is 5.56 Å². The van der Waals surface area contributed by atoms with Crippen LogP contribution in [0.5, 0.6) is 0 Å². The van der Waals surface area contributed by atoms with Crippen molar-refractivity contribution in [3.8, 4) is 0 Å². The van der Waals surface area contributed by atoms with Crippen molar-refractivity contribution >= 4 is 17.7 Å². The van der Waals surface area contributed by atoms with Gasteiger partial charge in [0.2, 0.25) is 11.8 Å². The SMILES string of the molecule is O=C1N[C@@H](Cc2ccc(F)cc2)C(=O)N2CCN(C(=O)c3ccco3)C[C@H]12. The molecule has 0 bridgehead atoms. The molecule has 3 heterocycles. The van der Waals surface area contributed by atoms with Crippen molar-refractivity contribution in [3.05, 3.63) is 59.8 Å². The molecule has 2 aliphatic heterocycles. The molecule has 1 aromatic carbocycles. The zero-order valence-corrected chi connectivity index (χ0v) is 14.4. The number of piperazine rings is 2. The largest absolute Gasteiger partial charge is 0.459 e. The van der Waals surface area contributed by atoms with Crippen LogP contribution in [0.4, 0.5) is 4.39 Å². The van der Waals surface area contributed by atoms with E-state index in [0.29, 0.717) is 13.0 Å². The van der Waals surface area contributed by atoms with Crippen molar-refractivity contribution in [1.82, 2.24) is 15.1 Å². The first-order valence-corrected chi connectivity index (χ1v) is 8.71. The number of hydrogen-bond donors (Lipinski definition) is 1. The Kier molecular flexibility index (Phi) is 4.39. The Morgan fingerprint density at radius 2 is 1.96 bits per heavy atom. The first-order valence-electron chi connectivity index (χ1n) is 8.71. The number of rotatable bonds is 3. The average Bonchev–Trinajstić information content (AvgIpc) is 3.21. The number of carbonyl (C=O) groups is 3. The Labute approximate surface area is 154 Å². The molecule has 1 aromatic heterocycles. The molecule has 2 saturated heterocycles. The molecule has 0 aliphatic carbocycles. The molecule has 0 spiro atoms. The van der Waals surface area contributed by atoms with E-state index in [1.165, 1.54) is 28.2 Å². The van der Waals surface area contributed by atoms with Crippen LogP contribution in [-0.4, -0.2) is 59.2 Å². The lowest BCUT2D eigenvalue weighted by Crippen LogP contribution is -2.70. The molecule has 0 unspecified atom stereocenters. The fraction of sp³-hybridized carbons (Fsp3) is 0.316. The van der Waals surface area contributed by atoms with Gasteiger partial charge in [-0.1, -0.05) is 12.1 Å². The van der Waals surface area contributed by atoms with Gasteiger partial charge in [0.15, 0.2) is 5.76 Å².